The third-order valence-electron chi connectivity index (χ3n) is 4.48. The van der Waals surface area contributed by atoms with Crippen molar-refractivity contribution in [3.63, 3.8) is 0 Å². The van der Waals surface area contributed by atoms with E-state index in [1.165, 1.54) is 6.92 Å². The molecule has 0 aromatic carbocycles. The van der Waals surface area contributed by atoms with E-state index in [0.29, 0.717) is 6.42 Å². The standard InChI is InChI=1S/C21H39N5O6/c1-12(2)10-15(25-18(28)7-9-23-17(27)6-8-22)20(30)24-14(5)19(29)26-16(21(31)32)11-13(3)4/h12-16H,6-11,22H2,1-5H3,(H,23,27)(H,24,30)(H,25,28)(H,26,29)(H,31,32)/t14-,15-,16-/m0/s1. The van der Waals surface area contributed by atoms with Gasteiger partial charge in [-0.2, -0.15) is 0 Å². The number of rotatable bonds is 15. The van der Waals surface area contributed by atoms with Gasteiger partial charge in [-0.25, -0.2) is 4.79 Å². The highest BCUT2D eigenvalue weighted by molar-refractivity contribution is 5.93. The Kier molecular flexibility index (Phi) is 13.9. The highest BCUT2D eigenvalue weighted by Gasteiger charge is 2.28. The Balaban J connectivity index is 4.87. The first-order valence-corrected chi connectivity index (χ1v) is 11.0. The van der Waals surface area contributed by atoms with Gasteiger partial charge in [0.15, 0.2) is 0 Å². The summed E-state index contributed by atoms with van der Waals surface area (Å²) in [6.45, 7) is 9.24. The maximum atomic E-state index is 12.7. The van der Waals surface area contributed by atoms with Crippen molar-refractivity contribution in [3.05, 3.63) is 0 Å². The molecule has 0 spiro atoms. The summed E-state index contributed by atoms with van der Waals surface area (Å²) in [5, 5.41) is 19.4. The summed E-state index contributed by atoms with van der Waals surface area (Å²) in [4.78, 5) is 60.0. The number of hydrogen-bond donors (Lipinski definition) is 6. The second-order valence-corrected chi connectivity index (χ2v) is 8.65. The third kappa shape index (κ3) is 12.9. The number of aliphatic carboxylic acids is 1. The van der Waals surface area contributed by atoms with E-state index in [0.717, 1.165) is 0 Å². The van der Waals surface area contributed by atoms with E-state index in [9.17, 15) is 29.1 Å². The van der Waals surface area contributed by atoms with Gasteiger partial charge in [-0.1, -0.05) is 27.7 Å². The summed E-state index contributed by atoms with van der Waals surface area (Å²) in [6, 6.07) is -2.91. The molecule has 0 unspecified atom stereocenters. The molecule has 11 heteroatoms. The quantitative estimate of drug-likeness (QED) is 0.192. The molecule has 184 valence electrons. The van der Waals surface area contributed by atoms with Crippen LogP contribution in [-0.4, -0.2) is 65.9 Å². The van der Waals surface area contributed by atoms with Crippen LogP contribution in [0.1, 0.15) is 60.3 Å². The number of carbonyl (C=O) groups excluding carboxylic acids is 4. The molecule has 0 aromatic heterocycles. The van der Waals surface area contributed by atoms with Crippen LogP contribution in [0.15, 0.2) is 0 Å². The van der Waals surface area contributed by atoms with E-state index in [4.69, 9.17) is 5.73 Å². The smallest absolute Gasteiger partial charge is 0.326 e. The minimum Gasteiger partial charge on any atom is -0.480 e. The van der Waals surface area contributed by atoms with Crippen molar-refractivity contribution in [2.45, 2.75) is 78.4 Å². The van der Waals surface area contributed by atoms with Crippen molar-refractivity contribution in [2.75, 3.05) is 13.1 Å². The van der Waals surface area contributed by atoms with Gasteiger partial charge in [-0.3, -0.25) is 19.2 Å². The number of carboxylic acids is 1. The van der Waals surface area contributed by atoms with Crippen LogP contribution in [0.2, 0.25) is 0 Å². The predicted octanol–water partition coefficient (Wildman–Crippen LogP) is -0.507. The summed E-state index contributed by atoms with van der Waals surface area (Å²) in [5.41, 5.74) is 5.29. The third-order valence-corrected chi connectivity index (χ3v) is 4.48. The molecule has 0 aliphatic carbocycles. The molecule has 0 saturated heterocycles. The first-order chi connectivity index (χ1) is 14.9. The highest BCUT2D eigenvalue weighted by atomic mass is 16.4. The number of carbonyl (C=O) groups is 5. The Morgan fingerprint density at radius 1 is 0.750 bits per heavy atom. The molecular formula is C21H39N5O6. The fourth-order valence-corrected chi connectivity index (χ4v) is 2.87. The van der Waals surface area contributed by atoms with Crippen LogP contribution in [0.5, 0.6) is 0 Å². The van der Waals surface area contributed by atoms with Crippen LogP contribution in [0.3, 0.4) is 0 Å². The Morgan fingerprint density at radius 2 is 1.31 bits per heavy atom. The van der Waals surface area contributed by atoms with Crippen molar-refractivity contribution in [2.24, 2.45) is 17.6 Å². The van der Waals surface area contributed by atoms with Crippen LogP contribution in [-0.2, 0) is 24.0 Å². The van der Waals surface area contributed by atoms with Crippen molar-refractivity contribution >= 4 is 29.6 Å². The van der Waals surface area contributed by atoms with Gasteiger partial charge in [-0.15, -0.1) is 0 Å². The molecule has 0 saturated carbocycles. The van der Waals surface area contributed by atoms with Gasteiger partial charge in [-0.05, 0) is 31.6 Å². The molecule has 3 atom stereocenters. The lowest BCUT2D eigenvalue weighted by molar-refractivity contribution is -0.142. The van der Waals surface area contributed by atoms with Gasteiger partial charge >= 0.3 is 5.97 Å². The Hall–Kier alpha value is -2.69. The van der Waals surface area contributed by atoms with Gasteiger partial charge in [0.2, 0.25) is 23.6 Å². The summed E-state index contributed by atoms with van der Waals surface area (Å²) in [5.74, 6) is -2.84. The maximum Gasteiger partial charge on any atom is 0.326 e. The lowest BCUT2D eigenvalue weighted by atomic mass is 10.0. The molecule has 11 nitrogen and oxygen atoms in total. The highest BCUT2D eigenvalue weighted by Crippen LogP contribution is 2.07. The largest absolute Gasteiger partial charge is 0.480 e. The average Bonchev–Trinajstić information content (AvgIpc) is 2.66. The first kappa shape index (κ1) is 29.3. The molecule has 0 radical (unpaired) electrons. The molecule has 0 bridgehead atoms. The molecule has 4 amide bonds. The monoisotopic (exact) mass is 457 g/mol. The molecule has 0 heterocycles. The van der Waals surface area contributed by atoms with E-state index in [2.05, 4.69) is 21.3 Å². The molecule has 0 aromatic rings. The van der Waals surface area contributed by atoms with Crippen molar-refractivity contribution in [1.29, 1.82) is 0 Å². The Bertz CT molecular complexity index is 653. The summed E-state index contributed by atoms with van der Waals surface area (Å²) >= 11 is 0. The van der Waals surface area contributed by atoms with Crippen molar-refractivity contribution in [1.82, 2.24) is 21.3 Å². The molecule has 32 heavy (non-hydrogen) atoms. The normalized spacial score (nSPS) is 13.8. The average molecular weight is 458 g/mol. The maximum absolute atomic E-state index is 12.7. The summed E-state index contributed by atoms with van der Waals surface area (Å²) in [7, 11) is 0. The minimum atomic E-state index is -1.14. The fourth-order valence-electron chi connectivity index (χ4n) is 2.87. The minimum absolute atomic E-state index is 0.0102. The molecule has 0 aliphatic heterocycles. The molecule has 0 aliphatic rings. The van der Waals surface area contributed by atoms with Crippen LogP contribution in [0.25, 0.3) is 0 Å². The zero-order valence-corrected chi connectivity index (χ0v) is 19.7. The molecule has 0 rings (SSSR count). The molecule has 7 N–H and O–H groups in total. The van der Waals surface area contributed by atoms with Crippen LogP contribution in [0.4, 0.5) is 0 Å². The lowest BCUT2D eigenvalue weighted by Gasteiger charge is -2.24. The molecular weight excluding hydrogens is 418 g/mol. The second-order valence-electron chi connectivity index (χ2n) is 8.65. The van der Waals surface area contributed by atoms with Gasteiger partial charge in [0.25, 0.3) is 0 Å². The number of amides is 4. The zero-order valence-electron chi connectivity index (χ0n) is 19.7. The number of hydrogen-bond acceptors (Lipinski definition) is 6. The topological polar surface area (TPSA) is 180 Å². The van der Waals surface area contributed by atoms with Gasteiger partial charge < -0.3 is 32.1 Å². The predicted molar refractivity (Wildman–Crippen MR) is 119 cm³/mol. The van der Waals surface area contributed by atoms with Crippen molar-refractivity contribution in [3.8, 4) is 0 Å². The second kappa shape index (κ2) is 15.2. The summed E-state index contributed by atoms with van der Waals surface area (Å²) < 4.78 is 0. The van der Waals surface area contributed by atoms with E-state index in [-0.39, 0.29) is 50.1 Å². The van der Waals surface area contributed by atoms with E-state index < -0.39 is 41.8 Å². The van der Waals surface area contributed by atoms with E-state index >= 15 is 0 Å². The molecule has 0 fully saturated rings. The zero-order chi connectivity index (χ0) is 24.8. The van der Waals surface area contributed by atoms with Crippen LogP contribution in [0, 0.1) is 11.8 Å². The van der Waals surface area contributed by atoms with Crippen LogP contribution < -0.4 is 27.0 Å². The number of carboxylic acid groups (broad SMARTS) is 1. The lowest BCUT2D eigenvalue weighted by Crippen LogP contribution is -2.55. The number of nitrogens with two attached hydrogens (primary N) is 1. The van der Waals surface area contributed by atoms with E-state index in [1.807, 2.05) is 27.7 Å². The fraction of sp³-hybridized carbons (Fsp3) is 0.762. The van der Waals surface area contributed by atoms with Crippen molar-refractivity contribution < 1.29 is 29.1 Å². The first-order valence-electron chi connectivity index (χ1n) is 11.0. The van der Waals surface area contributed by atoms with Gasteiger partial charge in [0.05, 0.1) is 0 Å². The SMILES string of the molecule is CC(C)C[C@H](NC(=O)[C@H](C)NC(=O)[C@H](CC(C)C)NC(=O)CCNC(=O)CCN)C(=O)O. The number of nitrogens with one attached hydrogen (secondary N) is 4. The summed E-state index contributed by atoms with van der Waals surface area (Å²) in [6.07, 6.45) is 0.760. The Labute approximate surface area is 189 Å². The van der Waals surface area contributed by atoms with E-state index in [1.54, 1.807) is 0 Å². The van der Waals surface area contributed by atoms with Gasteiger partial charge in [0.1, 0.15) is 18.1 Å². The van der Waals surface area contributed by atoms with Crippen LogP contribution >= 0.6 is 0 Å². The Morgan fingerprint density at radius 3 is 1.81 bits per heavy atom. The van der Waals surface area contributed by atoms with Gasteiger partial charge in [0, 0.05) is 25.9 Å².